The lowest BCUT2D eigenvalue weighted by molar-refractivity contribution is 0.235. The minimum absolute atomic E-state index is 0.0593. The molecule has 1 atom stereocenters. The Balaban J connectivity index is 1.31. The lowest BCUT2D eigenvalue weighted by atomic mass is 9.99. The van der Waals surface area contributed by atoms with E-state index >= 15 is 0 Å². The Kier molecular flexibility index (Phi) is 5.08. The molecule has 0 saturated carbocycles. The molecule has 1 aliphatic carbocycles. The van der Waals surface area contributed by atoms with Crippen LogP contribution in [-0.2, 0) is 12.8 Å². The van der Waals surface area contributed by atoms with Crippen LogP contribution >= 0.6 is 0 Å². The van der Waals surface area contributed by atoms with Gasteiger partial charge in [0.2, 0.25) is 0 Å². The van der Waals surface area contributed by atoms with Crippen molar-refractivity contribution in [2.45, 2.75) is 24.9 Å². The fourth-order valence-electron chi connectivity index (χ4n) is 4.49. The molecular weight excluding hydrogens is 386 g/mol. The average molecular weight is 412 g/mol. The lowest BCUT2D eigenvalue weighted by Crippen LogP contribution is -2.44. The van der Waals surface area contributed by atoms with E-state index in [0.717, 1.165) is 35.2 Å². The van der Waals surface area contributed by atoms with Crippen molar-refractivity contribution < 1.29 is 9.53 Å². The zero-order valence-corrected chi connectivity index (χ0v) is 17.4. The number of hydrogen-bond acceptors (Lipinski definition) is 2. The molecule has 0 aliphatic heterocycles. The molecule has 5 rings (SSSR count). The highest BCUT2D eigenvalue weighted by atomic mass is 16.5. The second-order valence-corrected chi connectivity index (χ2v) is 7.97. The molecule has 4 aromatic rings. The zero-order chi connectivity index (χ0) is 21.2. The second-order valence-electron chi connectivity index (χ2n) is 7.97. The van der Waals surface area contributed by atoms with Crippen LogP contribution in [0.25, 0.3) is 10.9 Å². The van der Waals surface area contributed by atoms with Crippen LogP contribution in [0.2, 0.25) is 0 Å². The maximum absolute atomic E-state index is 12.9. The summed E-state index contributed by atoms with van der Waals surface area (Å²) in [5, 5.41) is 7.52. The first-order valence-electron chi connectivity index (χ1n) is 10.6. The summed E-state index contributed by atoms with van der Waals surface area (Å²) in [6, 6.07) is 25.9. The largest absolute Gasteiger partial charge is 0.497 e. The van der Waals surface area contributed by atoms with Crippen molar-refractivity contribution in [2.75, 3.05) is 7.11 Å². The quantitative estimate of drug-likeness (QED) is 0.444. The molecule has 0 radical (unpaired) electrons. The molecule has 1 aromatic heterocycles. The lowest BCUT2D eigenvalue weighted by Gasteiger charge is -2.22. The maximum Gasteiger partial charge on any atom is 0.315 e. The summed E-state index contributed by atoms with van der Waals surface area (Å²) >= 11 is 0. The number of carbonyl (C=O) groups is 1. The van der Waals surface area contributed by atoms with Crippen molar-refractivity contribution in [3.63, 3.8) is 0 Å². The van der Waals surface area contributed by atoms with Crippen LogP contribution in [0.3, 0.4) is 0 Å². The number of aromatic amines is 1. The van der Waals surface area contributed by atoms with Gasteiger partial charge in [0.05, 0.1) is 13.2 Å². The third-order valence-electron chi connectivity index (χ3n) is 5.98. The van der Waals surface area contributed by atoms with Gasteiger partial charge >= 0.3 is 6.03 Å². The Morgan fingerprint density at radius 3 is 2.29 bits per heavy atom. The number of urea groups is 1. The number of methoxy groups -OCH3 is 1. The van der Waals surface area contributed by atoms with Crippen LogP contribution in [0.1, 0.15) is 28.4 Å². The number of aromatic nitrogens is 1. The maximum atomic E-state index is 12.9. The molecule has 0 saturated heterocycles. The highest BCUT2D eigenvalue weighted by Crippen LogP contribution is 2.32. The molecule has 3 aromatic carbocycles. The van der Waals surface area contributed by atoms with Crippen molar-refractivity contribution in [1.82, 2.24) is 15.6 Å². The van der Waals surface area contributed by atoms with Crippen LogP contribution in [0.15, 0.2) is 78.9 Å². The standard InChI is InChI=1S/C26H25N3O2/c1-31-20-12-13-23-22(16-20)21-14-19(15-24(21)28-23)27-26(30)29-25(17-8-4-2-5-9-17)18-10-6-3-7-11-18/h2-13,16,19,25,28H,14-15H2,1H3,(H2,27,29,30). The Bertz CT molecular complexity index is 1160. The first-order valence-corrected chi connectivity index (χ1v) is 10.6. The van der Waals surface area contributed by atoms with E-state index in [-0.39, 0.29) is 18.1 Å². The van der Waals surface area contributed by atoms with Crippen LogP contribution in [0.5, 0.6) is 5.75 Å². The number of ether oxygens (including phenoxy) is 1. The number of H-pyrrole nitrogens is 1. The molecule has 0 bridgehead atoms. The smallest absolute Gasteiger partial charge is 0.315 e. The zero-order valence-electron chi connectivity index (χ0n) is 17.4. The number of rotatable bonds is 5. The third kappa shape index (κ3) is 3.87. The molecule has 5 nitrogen and oxygen atoms in total. The van der Waals surface area contributed by atoms with Crippen molar-refractivity contribution in [3.05, 3.63) is 101 Å². The second kappa shape index (κ2) is 8.19. The number of carbonyl (C=O) groups excluding carboxylic acids is 1. The Morgan fingerprint density at radius 2 is 1.65 bits per heavy atom. The van der Waals surface area contributed by atoms with Gasteiger partial charge in [0.1, 0.15) is 5.75 Å². The van der Waals surface area contributed by atoms with E-state index in [1.165, 1.54) is 16.6 Å². The molecule has 0 spiro atoms. The minimum Gasteiger partial charge on any atom is -0.497 e. The van der Waals surface area contributed by atoms with Gasteiger partial charge in [-0.1, -0.05) is 60.7 Å². The molecular formula is C26H25N3O2. The van der Waals surface area contributed by atoms with Gasteiger partial charge in [-0.3, -0.25) is 0 Å². The summed E-state index contributed by atoms with van der Waals surface area (Å²) in [6.45, 7) is 0. The topological polar surface area (TPSA) is 66.1 Å². The van der Waals surface area contributed by atoms with Gasteiger partial charge in [0, 0.05) is 29.1 Å². The summed E-state index contributed by atoms with van der Waals surface area (Å²) in [6.07, 6.45) is 1.60. The van der Waals surface area contributed by atoms with Crippen LogP contribution < -0.4 is 15.4 Å². The molecule has 1 heterocycles. The van der Waals surface area contributed by atoms with Gasteiger partial charge in [-0.25, -0.2) is 4.79 Å². The Labute approximate surface area is 181 Å². The van der Waals surface area contributed by atoms with Gasteiger partial charge in [-0.15, -0.1) is 0 Å². The van der Waals surface area contributed by atoms with E-state index in [9.17, 15) is 4.79 Å². The van der Waals surface area contributed by atoms with Crippen LogP contribution in [0.4, 0.5) is 4.79 Å². The minimum atomic E-state index is -0.202. The number of fused-ring (bicyclic) bond motifs is 3. The summed E-state index contributed by atoms with van der Waals surface area (Å²) in [7, 11) is 1.68. The van der Waals surface area contributed by atoms with E-state index < -0.39 is 0 Å². The van der Waals surface area contributed by atoms with Crippen molar-refractivity contribution in [2.24, 2.45) is 0 Å². The number of benzene rings is 3. The number of hydrogen-bond donors (Lipinski definition) is 3. The molecule has 1 aliphatic rings. The highest BCUT2D eigenvalue weighted by Gasteiger charge is 2.27. The predicted molar refractivity (Wildman–Crippen MR) is 122 cm³/mol. The van der Waals surface area contributed by atoms with Crippen molar-refractivity contribution >= 4 is 16.9 Å². The van der Waals surface area contributed by atoms with Gasteiger partial charge < -0.3 is 20.4 Å². The predicted octanol–water partition coefficient (Wildman–Crippen LogP) is 4.73. The summed E-state index contributed by atoms with van der Waals surface area (Å²) in [5.74, 6) is 0.844. The summed E-state index contributed by atoms with van der Waals surface area (Å²) < 4.78 is 5.38. The Morgan fingerprint density at radius 1 is 0.968 bits per heavy atom. The monoisotopic (exact) mass is 411 g/mol. The summed E-state index contributed by atoms with van der Waals surface area (Å²) in [4.78, 5) is 16.4. The van der Waals surface area contributed by atoms with Crippen molar-refractivity contribution in [3.8, 4) is 5.75 Å². The molecule has 0 fully saturated rings. The molecule has 3 N–H and O–H groups in total. The highest BCUT2D eigenvalue weighted by molar-refractivity contribution is 5.87. The average Bonchev–Trinajstić information content (AvgIpc) is 3.35. The number of amides is 2. The van der Waals surface area contributed by atoms with E-state index in [2.05, 4.69) is 21.7 Å². The molecule has 2 amide bonds. The summed E-state index contributed by atoms with van der Waals surface area (Å²) in [5.41, 5.74) is 5.68. The van der Waals surface area contributed by atoms with Gasteiger partial charge in [-0.2, -0.15) is 0 Å². The molecule has 156 valence electrons. The molecule has 5 heteroatoms. The van der Waals surface area contributed by atoms with Crippen LogP contribution in [-0.4, -0.2) is 24.2 Å². The van der Waals surface area contributed by atoms with E-state index in [1.54, 1.807) is 7.11 Å². The fraction of sp³-hybridized carbons (Fsp3) is 0.192. The van der Waals surface area contributed by atoms with E-state index in [1.807, 2.05) is 72.8 Å². The molecule has 31 heavy (non-hydrogen) atoms. The van der Waals surface area contributed by atoms with E-state index in [4.69, 9.17) is 4.74 Å². The Hall–Kier alpha value is -3.73. The fourth-order valence-corrected chi connectivity index (χ4v) is 4.49. The normalized spacial score (nSPS) is 15.1. The van der Waals surface area contributed by atoms with Gasteiger partial charge in [0.25, 0.3) is 0 Å². The number of nitrogens with one attached hydrogen (secondary N) is 3. The third-order valence-corrected chi connectivity index (χ3v) is 5.98. The van der Waals surface area contributed by atoms with Crippen molar-refractivity contribution in [1.29, 1.82) is 0 Å². The first-order chi connectivity index (χ1) is 15.2. The SMILES string of the molecule is COc1ccc2[nH]c3c(c2c1)CC(NC(=O)NC(c1ccccc1)c1ccccc1)C3. The van der Waals surface area contributed by atoms with Gasteiger partial charge in [0.15, 0.2) is 0 Å². The molecule has 1 unspecified atom stereocenters. The first kappa shape index (κ1) is 19.2. The van der Waals surface area contributed by atoms with Gasteiger partial charge in [-0.05, 0) is 41.3 Å². The van der Waals surface area contributed by atoms with E-state index in [0.29, 0.717) is 0 Å². The van der Waals surface area contributed by atoms with Crippen LogP contribution in [0, 0.1) is 0 Å².